The molecule has 0 radical (unpaired) electrons. The van der Waals surface area contributed by atoms with E-state index in [1.54, 1.807) is 31.2 Å². The molecule has 4 heteroatoms. The van der Waals surface area contributed by atoms with E-state index in [1.807, 2.05) is 0 Å². The zero-order chi connectivity index (χ0) is 17.7. The van der Waals surface area contributed by atoms with E-state index in [0.717, 1.165) is 25.7 Å². The van der Waals surface area contributed by atoms with Crippen LogP contribution in [0.15, 0.2) is 24.3 Å². The second-order valence-corrected chi connectivity index (χ2v) is 7.54. The predicted octanol–water partition coefficient (Wildman–Crippen LogP) is 4.63. The molecule has 0 bridgehead atoms. The van der Waals surface area contributed by atoms with E-state index in [4.69, 9.17) is 9.47 Å². The fourth-order valence-electron chi connectivity index (χ4n) is 3.22. The number of hydrogen-bond acceptors (Lipinski definition) is 4. The van der Waals surface area contributed by atoms with Crippen LogP contribution in [0.5, 0.6) is 0 Å². The van der Waals surface area contributed by atoms with Gasteiger partial charge in [-0.25, -0.2) is 9.59 Å². The third-order valence-corrected chi connectivity index (χ3v) is 4.80. The van der Waals surface area contributed by atoms with E-state index in [2.05, 4.69) is 20.8 Å². The standard InChI is InChI=1S/C20H28O4/c1-5-23-18(21)14-6-8-15(9-7-14)19(22)24-17-12-10-16(11-13-17)20(2,3)4/h6-9,16-17H,5,10-13H2,1-4H3. The van der Waals surface area contributed by atoms with E-state index in [-0.39, 0.29) is 18.0 Å². The highest BCUT2D eigenvalue weighted by Crippen LogP contribution is 2.38. The van der Waals surface area contributed by atoms with E-state index in [9.17, 15) is 9.59 Å². The van der Waals surface area contributed by atoms with E-state index in [0.29, 0.717) is 29.1 Å². The molecule has 1 aliphatic rings. The van der Waals surface area contributed by atoms with E-state index in [1.165, 1.54) is 0 Å². The van der Waals surface area contributed by atoms with Crippen molar-refractivity contribution in [2.24, 2.45) is 11.3 Å². The lowest BCUT2D eigenvalue weighted by molar-refractivity contribution is 0.00925. The van der Waals surface area contributed by atoms with Gasteiger partial charge in [-0.3, -0.25) is 0 Å². The number of esters is 2. The molecule has 0 atom stereocenters. The number of hydrogen-bond donors (Lipinski definition) is 0. The van der Waals surface area contributed by atoms with Gasteiger partial charge in [-0.05, 0) is 68.2 Å². The molecule has 1 aromatic rings. The molecule has 0 spiro atoms. The molecule has 0 amide bonds. The van der Waals surface area contributed by atoms with Crippen LogP contribution < -0.4 is 0 Å². The van der Waals surface area contributed by atoms with Gasteiger partial charge in [0.1, 0.15) is 6.10 Å². The minimum atomic E-state index is -0.377. The second kappa shape index (κ2) is 7.82. The number of carbonyl (C=O) groups is 2. The van der Waals surface area contributed by atoms with Gasteiger partial charge in [0.2, 0.25) is 0 Å². The summed E-state index contributed by atoms with van der Waals surface area (Å²) in [7, 11) is 0. The van der Waals surface area contributed by atoms with Gasteiger partial charge in [-0.15, -0.1) is 0 Å². The number of ether oxygens (including phenoxy) is 2. The zero-order valence-electron chi connectivity index (χ0n) is 15.1. The molecule has 0 aromatic heterocycles. The highest BCUT2D eigenvalue weighted by molar-refractivity contribution is 5.93. The lowest BCUT2D eigenvalue weighted by Gasteiger charge is -2.36. The molecule has 2 rings (SSSR count). The van der Waals surface area contributed by atoms with Crippen LogP contribution in [0.2, 0.25) is 0 Å². The van der Waals surface area contributed by atoms with Gasteiger partial charge in [-0.2, -0.15) is 0 Å². The van der Waals surface area contributed by atoms with Crippen molar-refractivity contribution >= 4 is 11.9 Å². The van der Waals surface area contributed by atoms with Crippen molar-refractivity contribution in [1.82, 2.24) is 0 Å². The molecule has 1 fully saturated rings. The molecule has 1 aromatic carbocycles. The Morgan fingerprint density at radius 2 is 1.46 bits per heavy atom. The summed E-state index contributed by atoms with van der Waals surface area (Å²) in [5, 5.41) is 0. The van der Waals surface area contributed by atoms with Crippen LogP contribution >= 0.6 is 0 Å². The predicted molar refractivity (Wildman–Crippen MR) is 93.0 cm³/mol. The molecule has 1 aliphatic carbocycles. The summed E-state index contributed by atoms with van der Waals surface area (Å²) in [6, 6.07) is 6.45. The molecular weight excluding hydrogens is 304 g/mol. The molecule has 0 heterocycles. The van der Waals surface area contributed by atoms with Gasteiger partial charge >= 0.3 is 11.9 Å². The normalized spacial score (nSPS) is 21.2. The third kappa shape index (κ3) is 4.83. The first-order valence-corrected chi connectivity index (χ1v) is 8.79. The van der Waals surface area contributed by atoms with E-state index >= 15 is 0 Å². The Balaban J connectivity index is 1.88. The first-order valence-electron chi connectivity index (χ1n) is 8.79. The van der Waals surface area contributed by atoms with Gasteiger partial charge in [0.25, 0.3) is 0 Å². The molecule has 0 saturated heterocycles. The number of carbonyl (C=O) groups excluding carboxylic acids is 2. The first-order chi connectivity index (χ1) is 11.3. The van der Waals surface area contributed by atoms with Gasteiger partial charge in [0, 0.05) is 0 Å². The Kier molecular flexibility index (Phi) is 6.03. The molecular formula is C20H28O4. The number of rotatable bonds is 4. The Morgan fingerprint density at radius 3 is 1.92 bits per heavy atom. The third-order valence-electron chi connectivity index (χ3n) is 4.80. The van der Waals surface area contributed by atoms with Crippen molar-refractivity contribution in [1.29, 1.82) is 0 Å². The number of benzene rings is 1. The molecule has 0 N–H and O–H groups in total. The van der Waals surface area contributed by atoms with Crippen LogP contribution in [-0.4, -0.2) is 24.6 Å². The smallest absolute Gasteiger partial charge is 0.338 e. The minimum absolute atomic E-state index is 0.000771. The second-order valence-electron chi connectivity index (χ2n) is 7.54. The van der Waals surface area contributed by atoms with Crippen molar-refractivity contribution < 1.29 is 19.1 Å². The maximum absolute atomic E-state index is 12.3. The monoisotopic (exact) mass is 332 g/mol. The van der Waals surface area contributed by atoms with Gasteiger partial charge in [0.05, 0.1) is 17.7 Å². The molecule has 4 nitrogen and oxygen atoms in total. The summed E-state index contributed by atoms with van der Waals surface area (Å²) in [4.78, 5) is 23.9. The highest BCUT2D eigenvalue weighted by Gasteiger charge is 2.31. The molecule has 24 heavy (non-hydrogen) atoms. The maximum atomic E-state index is 12.3. The summed E-state index contributed by atoms with van der Waals surface area (Å²) in [5.74, 6) is -0.00106. The maximum Gasteiger partial charge on any atom is 0.338 e. The van der Waals surface area contributed by atoms with Crippen LogP contribution in [0.1, 0.15) is 74.1 Å². The highest BCUT2D eigenvalue weighted by atomic mass is 16.5. The van der Waals surface area contributed by atoms with Crippen molar-refractivity contribution in [3.8, 4) is 0 Å². The Labute approximate surface area is 144 Å². The quantitative estimate of drug-likeness (QED) is 0.755. The first kappa shape index (κ1) is 18.5. The summed E-state index contributed by atoms with van der Waals surface area (Å²) in [6.45, 7) is 8.91. The summed E-state index contributed by atoms with van der Waals surface area (Å²) >= 11 is 0. The molecule has 0 unspecified atom stereocenters. The summed E-state index contributed by atoms with van der Waals surface area (Å²) in [5.41, 5.74) is 1.23. The lowest BCUT2D eigenvalue weighted by Crippen LogP contribution is -2.30. The summed E-state index contributed by atoms with van der Waals surface area (Å²) < 4.78 is 10.6. The molecule has 132 valence electrons. The zero-order valence-corrected chi connectivity index (χ0v) is 15.1. The largest absolute Gasteiger partial charge is 0.462 e. The average molecular weight is 332 g/mol. The van der Waals surface area contributed by atoms with Crippen LogP contribution in [0.25, 0.3) is 0 Å². The van der Waals surface area contributed by atoms with Crippen molar-refractivity contribution in [3.05, 3.63) is 35.4 Å². The fraction of sp³-hybridized carbons (Fsp3) is 0.600. The van der Waals surface area contributed by atoms with Crippen LogP contribution in [0.4, 0.5) is 0 Å². The molecule has 1 saturated carbocycles. The van der Waals surface area contributed by atoms with E-state index < -0.39 is 0 Å². The van der Waals surface area contributed by atoms with Crippen LogP contribution in [-0.2, 0) is 9.47 Å². The van der Waals surface area contributed by atoms with Gasteiger partial charge in [-0.1, -0.05) is 20.8 Å². The van der Waals surface area contributed by atoms with Crippen molar-refractivity contribution in [2.75, 3.05) is 6.61 Å². The van der Waals surface area contributed by atoms with Crippen molar-refractivity contribution in [3.63, 3.8) is 0 Å². The van der Waals surface area contributed by atoms with Crippen molar-refractivity contribution in [2.45, 2.75) is 59.5 Å². The average Bonchev–Trinajstić information content (AvgIpc) is 2.55. The van der Waals surface area contributed by atoms with Crippen LogP contribution in [0.3, 0.4) is 0 Å². The lowest BCUT2D eigenvalue weighted by atomic mass is 9.72. The Bertz CT molecular complexity index is 560. The SMILES string of the molecule is CCOC(=O)c1ccc(C(=O)OC2CCC(C(C)(C)C)CC2)cc1. The fourth-order valence-corrected chi connectivity index (χ4v) is 3.22. The summed E-state index contributed by atoms with van der Waals surface area (Å²) in [6.07, 6.45) is 4.05. The Morgan fingerprint density at radius 1 is 0.958 bits per heavy atom. The molecule has 0 aliphatic heterocycles. The topological polar surface area (TPSA) is 52.6 Å². The van der Waals surface area contributed by atoms with Crippen LogP contribution in [0, 0.1) is 11.3 Å². The van der Waals surface area contributed by atoms with Gasteiger partial charge in [0.15, 0.2) is 0 Å². The minimum Gasteiger partial charge on any atom is -0.462 e. The van der Waals surface area contributed by atoms with Gasteiger partial charge < -0.3 is 9.47 Å². The Hall–Kier alpha value is -1.84.